The fourth-order valence-electron chi connectivity index (χ4n) is 3.84. The summed E-state index contributed by atoms with van der Waals surface area (Å²) in [5.41, 5.74) is 1.29. The van der Waals surface area contributed by atoms with Crippen molar-refractivity contribution in [2.75, 3.05) is 39.3 Å². The minimum Gasteiger partial charge on any atom is -0.872 e. The molecule has 0 aliphatic rings. The van der Waals surface area contributed by atoms with Crippen molar-refractivity contribution in [3.05, 3.63) is 83.9 Å². The van der Waals surface area contributed by atoms with E-state index in [9.17, 15) is 10.2 Å². The van der Waals surface area contributed by atoms with Gasteiger partial charge >= 0.3 is 17.1 Å². The maximum absolute atomic E-state index is 12.2. The Kier molecular flexibility index (Phi) is 14.0. The summed E-state index contributed by atoms with van der Waals surface area (Å²) in [5, 5.41) is 34.9. The van der Waals surface area contributed by atoms with Crippen LogP contribution in [-0.2, 0) is 17.1 Å². The molecule has 0 heterocycles. The van der Waals surface area contributed by atoms with E-state index in [4.69, 9.17) is 18.6 Å². The molecule has 10 nitrogen and oxygen atoms in total. The SMILES string of the molecule is [Fe+5].[O-][Cl+3]([O-])([O-])[O-].[O-]c1ccc2ccccc2c1C=NCCNCCNCCN=Cc1c([O-])ccc2ccccc12. The van der Waals surface area contributed by atoms with Gasteiger partial charge in [-0.05, 0) is 32.7 Å². The van der Waals surface area contributed by atoms with E-state index in [2.05, 4.69) is 20.6 Å². The summed E-state index contributed by atoms with van der Waals surface area (Å²) < 4.78 is 34.0. The van der Waals surface area contributed by atoms with Gasteiger partial charge in [-0.15, -0.1) is 10.2 Å². The zero-order valence-electron chi connectivity index (χ0n) is 21.4. The van der Waals surface area contributed by atoms with Gasteiger partial charge in [0.05, 0.1) is 13.1 Å². The Balaban J connectivity index is 0.000000858. The largest absolute Gasteiger partial charge is 5.00 e. The van der Waals surface area contributed by atoms with E-state index in [1.807, 2.05) is 60.7 Å². The van der Waals surface area contributed by atoms with Crippen LogP contribution < -0.4 is 39.5 Å². The monoisotopic (exact) mass is 607 g/mol. The van der Waals surface area contributed by atoms with E-state index in [1.165, 1.54) is 0 Å². The van der Waals surface area contributed by atoms with Crippen LogP contribution in [0.15, 0.2) is 82.8 Å². The van der Waals surface area contributed by atoms with Crippen LogP contribution in [0.4, 0.5) is 0 Å². The van der Waals surface area contributed by atoms with Crippen LogP contribution in [0.1, 0.15) is 11.1 Å². The second kappa shape index (κ2) is 16.9. The average molecular weight is 608 g/mol. The molecule has 0 aliphatic heterocycles. The standard InChI is InChI=1S/C28H30N4O2.ClHO4.Fe/c33-27-11-9-21-5-1-3-7-23(21)25(27)19-31-17-15-29-13-14-30-16-18-32-20-26-24-8-4-2-6-22(24)10-12-28(26)34;2-1(3,4)5;/h1-12,19-20,29-30,33-34H,13-18H2;(H,2,3,4,5);/q;;+5/p-3. The quantitative estimate of drug-likeness (QED) is 0.112. The zero-order chi connectivity index (χ0) is 28.1. The summed E-state index contributed by atoms with van der Waals surface area (Å²) in [7, 11) is -4.94. The average Bonchev–Trinajstić information content (AvgIpc) is 2.90. The third kappa shape index (κ3) is 11.2. The van der Waals surface area contributed by atoms with Gasteiger partial charge in [0.1, 0.15) is 0 Å². The molecule has 1 radical (unpaired) electrons. The Morgan fingerprint density at radius 1 is 0.575 bits per heavy atom. The fourth-order valence-corrected chi connectivity index (χ4v) is 3.84. The van der Waals surface area contributed by atoms with E-state index < -0.39 is 10.2 Å². The first-order valence-corrected chi connectivity index (χ1v) is 13.4. The number of rotatable bonds is 11. The Hall–Kier alpha value is -3.09. The maximum atomic E-state index is 12.2. The van der Waals surface area contributed by atoms with E-state index in [1.54, 1.807) is 24.6 Å². The minimum atomic E-state index is -4.94. The molecule has 0 fully saturated rings. The van der Waals surface area contributed by atoms with Crippen LogP contribution >= 0.6 is 0 Å². The Morgan fingerprint density at radius 3 is 1.35 bits per heavy atom. The molecular weight excluding hydrogens is 580 g/mol. The summed E-state index contributed by atoms with van der Waals surface area (Å²) >= 11 is 0. The predicted molar refractivity (Wildman–Crippen MR) is 137 cm³/mol. The molecule has 4 aromatic rings. The van der Waals surface area contributed by atoms with Gasteiger partial charge in [0, 0.05) is 38.6 Å². The number of fused-ring (bicyclic) bond motifs is 2. The van der Waals surface area contributed by atoms with Gasteiger partial charge in [0.2, 0.25) is 0 Å². The second-order valence-corrected chi connectivity index (χ2v) is 9.10. The molecule has 0 bridgehead atoms. The van der Waals surface area contributed by atoms with Crippen LogP contribution in [0.2, 0.25) is 0 Å². The molecule has 0 spiro atoms. The number of nitrogens with one attached hydrogen (secondary N) is 2. The molecule has 0 atom stereocenters. The van der Waals surface area contributed by atoms with Crippen LogP contribution in [0, 0.1) is 10.2 Å². The van der Waals surface area contributed by atoms with Crippen LogP contribution in [0.5, 0.6) is 11.5 Å². The molecule has 209 valence electrons. The van der Waals surface area contributed by atoms with Crippen molar-refractivity contribution in [2.45, 2.75) is 0 Å². The third-order valence-electron chi connectivity index (χ3n) is 5.62. The maximum Gasteiger partial charge on any atom is 5.00 e. The summed E-state index contributed by atoms with van der Waals surface area (Å²) in [6, 6.07) is 22.6. The van der Waals surface area contributed by atoms with Gasteiger partial charge in [-0.2, -0.15) is 0 Å². The van der Waals surface area contributed by atoms with Crippen LogP contribution in [0.3, 0.4) is 0 Å². The summed E-state index contributed by atoms with van der Waals surface area (Å²) in [6.07, 6.45) is 3.37. The Bertz CT molecular complexity index is 1310. The first kappa shape index (κ1) is 33.1. The van der Waals surface area contributed by atoms with Gasteiger partial charge in [0.15, 0.2) is 0 Å². The van der Waals surface area contributed by atoms with Crippen LogP contribution in [-0.4, -0.2) is 51.7 Å². The van der Waals surface area contributed by atoms with Crippen molar-refractivity contribution in [1.29, 1.82) is 0 Å². The first-order valence-electron chi connectivity index (χ1n) is 12.1. The van der Waals surface area contributed by atoms with Crippen molar-refractivity contribution in [1.82, 2.24) is 10.6 Å². The number of halogens is 1. The molecule has 0 amide bonds. The Labute approximate surface area is 244 Å². The van der Waals surface area contributed by atoms with Gasteiger partial charge < -0.3 is 20.8 Å². The second-order valence-electron chi connectivity index (χ2n) is 8.35. The van der Waals surface area contributed by atoms with Gasteiger partial charge in [-0.25, -0.2) is 18.6 Å². The van der Waals surface area contributed by atoms with Gasteiger partial charge in [-0.3, -0.25) is 9.98 Å². The van der Waals surface area contributed by atoms with Crippen molar-refractivity contribution in [3.8, 4) is 11.5 Å². The first-order chi connectivity index (χ1) is 18.7. The van der Waals surface area contributed by atoms with Crippen molar-refractivity contribution < 1.29 is 56.2 Å². The molecule has 40 heavy (non-hydrogen) atoms. The topological polar surface area (TPSA) is 187 Å². The summed E-state index contributed by atoms with van der Waals surface area (Å²) in [4.78, 5) is 8.83. The molecule has 0 unspecified atom stereocenters. The number of hydrogen-bond acceptors (Lipinski definition) is 10. The van der Waals surface area contributed by atoms with E-state index in [-0.39, 0.29) is 28.6 Å². The normalized spacial score (nSPS) is 11.6. The third-order valence-corrected chi connectivity index (χ3v) is 5.62. The Morgan fingerprint density at radius 2 is 0.950 bits per heavy atom. The molecule has 0 saturated heterocycles. The number of nitrogens with zero attached hydrogens (tertiary/aromatic N) is 2. The minimum absolute atomic E-state index is 0. The smallest absolute Gasteiger partial charge is 0.872 e. The van der Waals surface area contributed by atoms with E-state index >= 15 is 0 Å². The predicted octanol–water partition coefficient (Wildman–Crippen LogP) is -1.90. The number of benzene rings is 4. The molecule has 12 heteroatoms. The van der Waals surface area contributed by atoms with E-state index in [0.29, 0.717) is 24.2 Å². The van der Waals surface area contributed by atoms with Gasteiger partial charge in [-0.1, -0.05) is 84.3 Å². The molecule has 4 aromatic carbocycles. The molecule has 2 N–H and O–H groups in total. The molecule has 4 rings (SSSR count). The van der Waals surface area contributed by atoms with Crippen molar-refractivity contribution in [3.63, 3.8) is 0 Å². The fraction of sp³-hybridized carbons (Fsp3) is 0.214. The summed E-state index contributed by atoms with van der Waals surface area (Å²) in [6.45, 7) is 4.32. The molecular formula is C28H28ClFeN4O6+2. The van der Waals surface area contributed by atoms with Crippen molar-refractivity contribution >= 4 is 34.0 Å². The van der Waals surface area contributed by atoms with E-state index in [0.717, 1.165) is 47.7 Å². The summed E-state index contributed by atoms with van der Waals surface area (Å²) in [5.74, 6) is -0.0108. The van der Waals surface area contributed by atoms with Crippen LogP contribution in [0.25, 0.3) is 21.5 Å². The number of hydrogen-bond donors (Lipinski definition) is 2. The molecule has 0 saturated carbocycles. The molecule has 0 aromatic heterocycles. The van der Waals surface area contributed by atoms with Crippen molar-refractivity contribution in [2.24, 2.45) is 9.98 Å². The molecule has 0 aliphatic carbocycles. The van der Waals surface area contributed by atoms with Gasteiger partial charge in [0.25, 0.3) is 0 Å². The zero-order valence-corrected chi connectivity index (χ0v) is 23.3. The number of aliphatic imine (C=N–C) groups is 2.